The minimum Gasteiger partial charge on any atom is -0.448 e. The van der Waals surface area contributed by atoms with Crippen LogP contribution in [0.2, 0.25) is 0 Å². The zero-order chi connectivity index (χ0) is 29.8. The molecule has 0 aliphatic carbocycles. The third-order valence-electron chi connectivity index (χ3n) is 4.05. The summed E-state index contributed by atoms with van der Waals surface area (Å²) in [5.41, 5.74) is -13.4. The molecule has 214 valence electrons. The summed E-state index contributed by atoms with van der Waals surface area (Å²) in [5, 5.41) is 0. The first-order valence-corrected chi connectivity index (χ1v) is 9.60. The molecule has 0 aliphatic rings. The number of alkyl halides is 16. The Bertz CT molecular complexity index is 1110. The van der Waals surface area contributed by atoms with Crippen molar-refractivity contribution in [2.45, 2.75) is 47.0 Å². The Morgan fingerprint density at radius 3 is 1.32 bits per heavy atom. The van der Waals surface area contributed by atoms with Crippen LogP contribution in [-0.4, -0.2) is 55.1 Å². The number of hydrogen-bond donors (Lipinski definition) is 1. The van der Waals surface area contributed by atoms with E-state index in [1.54, 1.807) is 0 Å². The van der Waals surface area contributed by atoms with Gasteiger partial charge in [-0.2, -0.15) is 74.3 Å². The van der Waals surface area contributed by atoms with Crippen LogP contribution in [0.25, 0.3) is 0 Å². The maximum absolute atomic E-state index is 15.0. The highest BCUT2D eigenvalue weighted by Gasteiger charge is 2.83. The fraction of sp³-hybridized carbons (Fsp3) is 0.467. The van der Waals surface area contributed by atoms with Crippen molar-refractivity contribution in [3.63, 3.8) is 0 Å². The van der Waals surface area contributed by atoms with Crippen LogP contribution in [0.15, 0.2) is 40.6 Å². The summed E-state index contributed by atoms with van der Waals surface area (Å²) in [6.45, 7) is 0. The van der Waals surface area contributed by atoms with E-state index in [0.29, 0.717) is 0 Å². The van der Waals surface area contributed by atoms with Gasteiger partial charge >= 0.3 is 42.2 Å². The first-order chi connectivity index (χ1) is 16.0. The molecule has 0 bridgehead atoms. The highest BCUT2D eigenvalue weighted by molar-refractivity contribution is 7.85. The predicted octanol–water partition coefficient (Wildman–Crippen LogP) is 6.79. The molecule has 0 saturated heterocycles. The molecule has 1 unspecified atom stereocenters. The molecule has 0 saturated carbocycles. The molecule has 1 rings (SSSR count). The molecule has 0 aliphatic heterocycles. The average Bonchev–Trinajstić information content (AvgIpc) is 2.62. The maximum Gasteiger partial charge on any atom is 0.461 e. The summed E-state index contributed by atoms with van der Waals surface area (Å²) >= 11 is 0. The molecule has 37 heavy (non-hydrogen) atoms. The number of rotatable bonds is 6. The Morgan fingerprint density at radius 1 is 0.676 bits per heavy atom. The quantitative estimate of drug-likeness (QED) is 0.287. The lowest BCUT2D eigenvalue weighted by molar-refractivity contribution is -0.364. The molecule has 0 amide bonds. The topological polar surface area (TPSA) is 63.6 Å². The average molecular weight is 604 g/mol. The lowest BCUT2D eigenvalue weighted by atomic mass is 9.91. The van der Waals surface area contributed by atoms with E-state index in [-0.39, 0.29) is 24.3 Å². The molecule has 0 aromatic heterocycles. The van der Waals surface area contributed by atoms with Gasteiger partial charge in [-0.1, -0.05) is 0 Å². The molecule has 0 spiro atoms. The second-order valence-electron chi connectivity index (χ2n) is 6.56. The van der Waals surface area contributed by atoms with Crippen LogP contribution in [0.4, 0.5) is 74.6 Å². The monoisotopic (exact) mass is 604 g/mol. The van der Waals surface area contributed by atoms with Crippen molar-refractivity contribution in [1.29, 1.82) is 0 Å². The van der Waals surface area contributed by atoms with E-state index in [0.717, 1.165) is 0 Å². The summed E-state index contributed by atoms with van der Waals surface area (Å²) in [4.78, 5) is -1.33. The summed E-state index contributed by atoms with van der Waals surface area (Å²) < 4.78 is 259. The van der Waals surface area contributed by atoms with Gasteiger partial charge in [-0.15, -0.1) is 0 Å². The van der Waals surface area contributed by atoms with Gasteiger partial charge in [0.25, 0.3) is 10.1 Å². The molecule has 1 aromatic rings. The molecular formula is C15H5F17O4S. The van der Waals surface area contributed by atoms with Gasteiger partial charge in [0, 0.05) is 0 Å². The number of ether oxygens (including phenoxy) is 1. The Labute approximate surface area is 192 Å². The van der Waals surface area contributed by atoms with Gasteiger partial charge in [0.05, 0.1) is 4.90 Å². The van der Waals surface area contributed by atoms with Gasteiger partial charge in [0.15, 0.2) is 11.4 Å². The second-order valence-corrected chi connectivity index (χ2v) is 7.98. The van der Waals surface area contributed by atoms with Crippen molar-refractivity contribution in [2.24, 2.45) is 0 Å². The highest BCUT2D eigenvalue weighted by Crippen LogP contribution is 2.59. The van der Waals surface area contributed by atoms with E-state index in [4.69, 9.17) is 4.55 Å². The molecule has 0 heterocycles. The third-order valence-corrected chi connectivity index (χ3v) is 4.92. The van der Waals surface area contributed by atoms with Crippen molar-refractivity contribution in [3.05, 3.63) is 35.7 Å². The van der Waals surface area contributed by atoms with Crippen molar-refractivity contribution in [2.75, 3.05) is 0 Å². The first-order valence-electron chi connectivity index (χ1n) is 8.16. The van der Waals surface area contributed by atoms with Crippen molar-refractivity contribution in [3.8, 4) is 5.75 Å². The molecule has 0 radical (unpaired) electrons. The zero-order valence-corrected chi connectivity index (χ0v) is 17.1. The highest BCUT2D eigenvalue weighted by atomic mass is 32.2. The molecule has 22 heteroatoms. The summed E-state index contributed by atoms with van der Waals surface area (Å²) in [6, 6.07) is -0.859. The maximum atomic E-state index is 15.0. The fourth-order valence-corrected chi connectivity index (χ4v) is 2.81. The molecule has 1 N–H and O–H groups in total. The molecule has 1 atom stereocenters. The van der Waals surface area contributed by atoms with Gasteiger partial charge in [0.2, 0.25) is 0 Å². The van der Waals surface area contributed by atoms with Crippen molar-refractivity contribution in [1.82, 2.24) is 0 Å². The molecule has 1 aromatic carbocycles. The van der Waals surface area contributed by atoms with Crippen LogP contribution >= 0.6 is 0 Å². The number of allylic oxidation sites excluding steroid dienone is 1. The normalized spacial score (nSPS) is 17.2. The minimum absolute atomic E-state index is 0.102. The molecule has 4 nitrogen and oxygen atoms in total. The number of benzene rings is 1. The Balaban J connectivity index is 4.26. The largest absolute Gasteiger partial charge is 0.461 e. The lowest BCUT2D eigenvalue weighted by Crippen LogP contribution is -2.63. The van der Waals surface area contributed by atoms with E-state index < -0.39 is 74.3 Å². The molecular weight excluding hydrogens is 599 g/mol. The summed E-state index contributed by atoms with van der Waals surface area (Å²) in [5.74, 6) is -23.0. The van der Waals surface area contributed by atoms with E-state index in [1.807, 2.05) is 0 Å². The van der Waals surface area contributed by atoms with Gasteiger partial charge in [-0.25, -0.2) is 8.78 Å². The third kappa shape index (κ3) is 5.67. The first kappa shape index (κ1) is 32.5. The van der Waals surface area contributed by atoms with Crippen molar-refractivity contribution >= 4 is 10.1 Å². The van der Waals surface area contributed by atoms with Crippen LogP contribution in [0.5, 0.6) is 5.75 Å². The van der Waals surface area contributed by atoms with Crippen LogP contribution in [0.1, 0.15) is 0 Å². The van der Waals surface area contributed by atoms with Gasteiger partial charge in [0.1, 0.15) is 5.75 Å². The van der Waals surface area contributed by atoms with Gasteiger partial charge < -0.3 is 4.74 Å². The van der Waals surface area contributed by atoms with Crippen LogP contribution in [0.3, 0.4) is 0 Å². The van der Waals surface area contributed by atoms with Gasteiger partial charge in [-0.3, -0.25) is 4.55 Å². The lowest BCUT2D eigenvalue weighted by Gasteiger charge is -2.38. The SMILES string of the molecule is O=S(=O)(O)c1ccc(OC(F)(C(=C(F)C(F)(C(F)(F)F)C(F)(F)F)C(F)(F)F)C(F)(F)C(F)(F)F)cc1. The standard InChI is InChI=1S/C15H5F17O4S/c16-8(9(17,13(24,25)26)14(27,28)29)7(11(19,20)21)10(18,12(22,23)15(30,31)32)36-5-1-3-6(4-2-5)37(33,34)35/h1-4H,(H,33,34,35). The van der Waals surface area contributed by atoms with E-state index in [9.17, 15) is 78.7 Å². The Hall–Kier alpha value is -2.52. The van der Waals surface area contributed by atoms with Crippen LogP contribution < -0.4 is 4.74 Å². The Morgan fingerprint density at radius 2 is 1.05 bits per heavy atom. The van der Waals surface area contributed by atoms with Gasteiger partial charge in [-0.05, 0) is 24.3 Å². The van der Waals surface area contributed by atoms with Crippen molar-refractivity contribution < 1.29 is 92.3 Å². The van der Waals surface area contributed by atoms with E-state index >= 15 is 4.39 Å². The smallest absolute Gasteiger partial charge is 0.448 e. The zero-order valence-electron chi connectivity index (χ0n) is 16.3. The number of hydrogen-bond acceptors (Lipinski definition) is 3. The summed E-state index contributed by atoms with van der Waals surface area (Å²) in [7, 11) is -5.25. The van der Waals surface area contributed by atoms with Crippen LogP contribution in [-0.2, 0) is 10.1 Å². The second kappa shape index (κ2) is 9.05. The fourth-order valence-electron chi connectivity index (χ4n) is 2.33. The van der Waals surface area contributed by atoms with Crippen LogP contribution in [0, 0.1) is 0 Å². The molecule has 0 fully saturated rings. The Kier molecular flexibility index (Phi) is 7.95. The predicted molar refractivity (Wildman–Crippen MR) is 81.9 cm³/mol. The van der Waals surface area contributed by atoms with E-state index in [1.165, 1.54) is 0 Å². The van der Waals surface area contributed by atoms with E-state index in [2.05, 4.69) is 4.74 Å². The minimum atomic E-state index is -8.00. The number of halogens is 17. The summed E-state index contributed by atoms with van der Waals surface area (Å²) in [6.07, 6.45) is -31.2.